The van der Waals surface area contributed by atoms with Gasteiger partial charge in [0.05, 0.1) is 34.7 Å². The number of esters is 1. The fraction of sp³-hybridized carbons (Fsp3) is 0.433. The summed E-state index contributed by atoms with van der Waals surface area (Å²) in [5.41, 5.74) is -0.0319. The van der Waals surface area contributed by atoms with Crippen LogP contribution in [0.4, 0.5) is 0 Å². The van der Waals surface area contributed by atoms with Crippen molar-refractivity contribution in [3.8, 4) is 11.5 Å². The van der Waals surface area contributed by atoms with Crippen LogP contribution in [0.1, 0.15) is 27.9 Å². The molecular formula is C30H29NO7S. The van der Waals surface area contributed by atoms with Crippen molar-refractivity contribution in [1.82, 2.24) is 4.90 Å². The van der Waals surface area contributed by atoms with Crippen LogP contribution in [-0.4, -0.2) is 70.1 Å². The summed E-state index contributed by atoms with van der Waals surface area (Å²) in [4.78, 5) is 15.5. The molecule has 4 aliphatic carbocycles. The number of methoxy groups -OCH3 is 2. The van der Waals surface area contributed by atoms with E-state index in [2.05, 4.69) is 24.1 Å². The van der Waals surface area contributed by atoms with Crippen LogP contribution in [0.3, 0.4) is 0 Å². The topological polar surface area (TPSA) is 91.4 Å². The number of nitrogens with zero attached hydrogens (tertiary/aromatic N) is 1. The zero-order valence-electron chi connectivity index (χ0n) is 21.9. The second kappa shape index (κ2) is 7.33. The smallest absolute Gasteiger partial charge is 0.343 e. The van der Waals surface area contributed by atoms with Gasteiger partial charge in [0.2, 0.25) is 0 Å². The highest BCUT2D eigenvalue weighted by Crippen LogP contribution is 2.77. The van der Waals surface area contributed by atoms with Crippen molar-refractivity contribution < 1.29 is 32.2 Å². The lowest BCUT2D eigenvalue weighted by atomic mass is 9.37. The van der Waals surface area contributed by atoms with E-state index in [0.717, 1.165) is 12.1 Å². The number of likely N-dealkylation sites (tertiary alicyclic amines) is 1. The van der Waals surface area contributed by atoms with Gasteiger partial charge in [-0.3, -0.25) is 0 Å². The molecule has 3 heterocycles. The average Bonchev–Trinajstić information content (AvgIpc) is 3.45. The number of hydrogen-bond acceptors (Lipinski definition) is 8. The maximum absolute atomic E-state index is 14.3. The molecule has 0 aromatic heterocycles. The molecule has 7 atom stereocenters. The molecule has 4 bridgehead atoms. The second-order valence-electron chi connectivity index (χ2n) is 11.6. The standard InChI is InChI=1S/C30H29NO7S/c1-31-14-13-29-22-18-9-10-19(35-2)24(22)38-27(29)30(36-3)12-11-28(29,21(31)15-18)25-23(30)20(16-39(25,33)34)37-26(32)17-7-5-4-6-8-17/h4-12,16,21,23,25,27H,13-15H2,1-3H3/t21-,23-,25+,27-,28+,29+,30-/m1/s1. The van der Waals surface area contributed by atoms with Crippen molar-refractivity contribution in [3.05, 3.63) is 82.5 Å². The Morgan fingerprint density at radius 2 is 1.90 bits per heavy atom. The molecule has 9 rings (SSSR count). The highest BCUT2D eigenvalue weighted by molar-refractivity contribution is 7.95. The van der Waals surface area contributed by atoms with Gasteiger partial charge in [0.25, 0.3) is 0 Å². The molecule has 1 saturated heterocycles. The highest BCUT2D eigenvalue weighted by Gasteiger charge is 2.85. The van der Waals surface area contributed by atoms with Crippen LogP contribution in [0.25, 0.3) is 0 Å². The third-order valence-electron chi connectivity index (χ3n) is 10.5. The van der Waals surface area contributed by atoms with Crippen LogP contribution < -0.4 is 9.47 Å². The fourth-order valence-corrected chi connectivity index (χ4v) is 11.6. The fourth-order valence-electron chi connectivity index (χ4n) is 9.19. The summed E-state index contributed by atoms with van der Waals surface area (Å²) in [6, 6.07) is 12.6. The first-order chi connectivity index (χ1) is 18.7. The number of ether oxygens (including phenoxy) is 4. The molecule has 9 heteroatoms. The van der Waals surface area contributed by atoms with Gasteiger partial charge in [-0.2, -0.15) is 0 Å². The molecule has 3 aliphatic heterocycles. The normalized spacial score (nSPS) is 39.4. The van der Waals surface area contributed by atoms with Crippen molar-refractivity contribution in [3.63, 3.8) is 0 Å². The number of carbonyl (C=O) groups excluding carboxylic acids is 1. The van der Waals surface area contributed by atoms with E-state index < -0.39 is 49.5 Å². The van der Waals surface area contributed by atoms with Crippen LogP contribution in [0, 0.1) is 11.3 Å². The van der Waals surface area contributed by atoms with Crippen molar-refractivity contribution in [2.75, 3.05) is 27.8 Å². The lowest BCUT2D eigenvalue weighted by Crippen LogP contribution is -2.83. The average molecular weight is 548 g/mol. The van der Waals surface area contributed by atoms with Gasteiger partial charge in [-0.1, -0.05) is 36.4 Å². The summed E-state index contributed by atoms with van der Waals surface area (Å²) in [6.07, 6.45) is 4.99. The van der Waals surface area contributed by atoms with Crippen molar-refractivity contribution in [2.24, 2.45) is 11.3 Å². The summed E-state index contributed by atoms with van der Waals surface area (Å²) in [7, 11) is 1.44. The molecule has 7 aliphatic rings. The van der Waals surface area contributed by atoms with Crippen LogP contribution >= 0.6 is 0 Å². The second-order valence-corrected chi connectivity index (χ2v) is 13.6. The Bertz CT molecular complexity index is 1620. The first kappa shape index (κ1) is 23.7. The number of sulfone groups is 1. The summed E-state index contributed by atoms with van der Waals surface area (Å²) >= 11 is 0. The first-order valence-corrected chi connectivity index (χ1v) is 14.9. The maximum atomic E-state index is 14.3. The molecule has 0 radical (unpaired) electrons. The minimum Gasteiger partial charge on any atom is -0.493 e. The van der Waals surface area contributed by atoms with Gasteiger partial charge in [0.1, 0.15) is 17.5 Å². The first-order valence-electron chi connectivity index (χ1n) is 13.3. The summed E-state index contributed by atoms with van der Waals surface area (Å²) < 4.78 is 53.5. The van der Waals surface area contributed by atoms with E-state index in [1.165, 1.54) is 11.0 Å². The molecule has 1 saturated carbocycles. The summed E-state index contributed by atoms with van der Waals surface area (Å²) in [5, 5.41) is 0.313. The molecule has 8 nitrogen and oxygen atoms in total. The molecule has 0 amide bonds. The molecule has 39 heavy (non-hydrogen) atoms. The summed E-state index contributed by atoms with van der Waals surface area (Å²) in [6.45, 7) is 0.802. The molecule has 202 valence electrons. The molecule has 2 aromatic rings. The summed E-state index contributed by atoms with van der Waals surface area (Å²) in [5.74, 6) is 0.0882. The van der Waals surface area contributed by atoms with Crippen molar-refractivity contribution in [1.29, 1.82) is 0 Å². The molecular weight excluding hydrogens is 518 g/mol. The molecule has 2 spiro atoms. The van der Waals surface area contributed by atoms with Crippen molar-refractivity contribution in [2.45, 2.75) is 41.3 Å². The number of carbonyl (C=O) groups is 1. The number of rotatable bonds is 4. The van der Waals surface area contributed by atoms with Crippen LogP contribution in [0.15, 0.2) is 65.8 Å². The SMILES string of the molecule is COc1ccc2c3c1O[C@H]1[C@@]4(OC)C=C[C@]5([C@@H](C2)N(C)CC[C@]315)[C@@H]1[C@H]4C(OC(=O)c2ccccc2)=CS1(=O)=O. The highest BCUT2D eigenvalue weighted by atomic mass is 32.2. The van der Waals surface area contributed by atoms with Crippen LogP contribution in [-0.2, 0) is 31.1 Å². The van der Waals surface area contributed by atoms with Gasteiger partial charge in [-0.05, 0) is 50.2 Å². The van der Waals surface area contributed by atoms with E-state index in [1.807, 2.05) is 18.2 Å². The zero-order valence-corrected chi connectivity index (χ0v) is 22.7. The van der Waals surface area contributed by atoms with E-state index in [-0.39, 0.29) is 11.8 Å². The molecule has 2 fully saturated rings. The Morgan fingerprint density at radius 3 is 2.64 bits per heavy atom. The Hall–Kier alpha value is -3.14. The van der Waals surface area contributed by atoms with E-state index in [0.29, 0.717) is 29.9 Å². The van der Waals surface area contributed by atoms with E-state index in [1.54, 1.807) is 38.5 Å². The van der Waals surface area contributed by atoms with Crippen molar-refractivity contribution >= 4 is 15.8 Å². The lowest BCUT2D eigenvalue weighted by molar-refractivity contribution is -0.206. The van der Waals surface area contributed by atoms with Crippen LogP contribution in [0.5, 0.6) is 11.5 Å². The molecule has 2 aromatic carbocycles. The van der Waals surface area contributed by atoms with Gasteiger partial charge >= 0.3 is 5.97 Å². The minimum absolute atomic E-state index is 0.0875. The Kier molecular flexibility index (Phi) is 4.46. The Balaban J connectivity index is 1.38. The Morgan fingerprint density at radius 1 is 1.10 bits per heavy atom. The zero-order chi connectivity index (χ0) is 26.9. The predicted octanol–water partition coefficient (Wildman–Crippen LogP) is 3.02. The minimum atomic E-state index is -3.86. The van der Waals surface area contributed by atoms with E-state index >= 15 is 0 Å². The molecule has 0 N–H and O–H groups in total. The maximum Gasteiger partial charge on any atom is 0.343 e. The van der Waals surface area contributed by atoms with Gasteiger partial charge in [-0.25, -0.2) is 13.2 Å². The third-order valence-corrected chi connectivity index (χ3v) is 12.4. The predicted molar refractivity (Wildman–Crippen MR) is 141 cm³/mol. The lowest BCUT2D eigenvalue weighted by Gasteiger charge is -2.72. The van der Waals surface area contributed by atoms with E-state index in [9.17, 15) is 13.2 Å². The van der Waals surface area contributed by atoms with Gasteiger partial charge in [-0.15, -0.1) is 0 Å². The van der Waals surface area contributed by atoms with Gasteiger partial charge < -0.3 is 23.8 Å². The van der Waals surface area contributed by atoms with E-state index in [4.69, 9.17) is 18.9 Å². The number of hydrogen-bond donors (Lipinski definition) is 0. The number of piperidine rings is 1. The largest absolute Gasteiger partial charge is 0.493 e. The third kappa shape index (κ3) is 2.45. The van der Waals surface area contributed by atoms with Crippen LogP contribution in [0.2, 0.25) is 0 Å². The molecule has 0 unspecified atom stereocenters. The number of benzene rings is 2. The Labute approximate surface area is 227 Å². The monoisotopic (exact) mass is 547 g/mol. The van der Waals surface area contributed by atoms with Gasteiger partial charge in [0.15, 0.2) is 21.3 Å². The van der Waals surface area contributed by atoms with Gasteiger partial charge in [0, 0.05) is 24.1 Å². The quantitative estimate of drug-likeness (QED) is 0.426. The number of likely N-dealkylation sites (N-methyl/N-ethyl adjacent to an activating group) is 1.